The number of carbonyl (C=O) groups is 1. The van der Waals surface area contributed by atoms with Crippen molar-refractivity contribution in [1.82, 2.24) is 14.5 Å². The van der Waals surface area contributed by atoms with E-state index in [1.54, 1.807) is 12.1 Å². The smallest absolute Gasteiger partial charge is 0.409 e. The Morgan fingerprint density at radius 3 is 2.62 bits per heavy atom. The lowest BCUT2D eigenvalue weighted by Gasteiger charge is -2.03. The quantitative estimate of drug-likeness (QED) is 0.743. The van der Waals surface area contributed by atoms with E-state index in [1.807, 2.05) is 29.9 Å². The van der Waals surface area contributed by atoms with Gasteiger partial charge in [0.25, 0.3) is 0 Å². The second-order valence-corrected chi connectivity index (χ2v) is 4.56. The van der Waals surface area contributed by atoms with Crippen molar-refractivity contribution >= 4 is 22.9 Å². The van der Waals surface area contributed by atoms with Gasteiger partial charge in [-0.25, -0.2) is 14.8 Å². The molecule has 4 N–H and O–H groups in total. The zero-order valence-electron chi connectivity index (χ0n) is 11.3. The minimum absolute atomic E-state index is 0.385. The van der Waals surface area contributed by atoms with Crippen LogP contribution < -0.4 is 16.2 Å². The van der Waals surface area contributed by atoms with Gasteiger partial charge in [-0.3, -0.25) is 0 Å². The van der Waals surface area contributed by atoms with Gasteiger partial charge >= 0.3 is 6.09 Å². The van der Waals surface area contributed by atoms with E-state index in [4.69, 9.17) is 16.2 Å². The number of aryl methyl sites for hydroxylation is 1. The van der Waals surface area contributed by atoms with Crippen LogP contribution in [0.25, 0.3) is 22.2 Å². The number of carbonyl (C=O) groups excluding carboxylic acids is 1. The first-order chi connectivity index (χ1) is 10.1. The Morgan fingerprint density at radius 1 is 1.24 bits per heavy atom. The molecule has 0 bridgehead atoms. The molecule has 7 nitrogen and oxygen atoms in total. The summed E-state index contributed by atoms with van der Waals surface area (Å²) in [6.07, 6.45) is 2.52. The standard InChI is InChI=1S/C14H13N5O2/c1-19-6-10(11-12(15)17-7-18-13(11)19)8-2-4-9(5-3-8)21-14(16)20/h2-7H,1H3,(H2,16,20)(H2,15,17,18). The molecule has 0 fully saturated rings. The van der Waals surface area contributed by atoms with Crippen molar-refractivity contribution < 1.29 is 9.53 Å². The van der Waals surface area contributed by atoms with Crippen molar-refractivity contribution in [3.05, 3.63) is 36.8 Å². The Hall–Kier alpha value is -3.09. The average molecular weight is 283 g/mol. The molecule has 0 aliphatic heterocycles. The SMILES string of the molecule is Cn1cc(-c2ccc(OC(N)=O)cc2)c2c(N)ncnc21. The normalized spacial score (nSPS) is 10.7. The molecule has 7 heteroatoms. The van der Waals surface area contributed by atoms with Crippen LogP contribution in [0.2, 0.25) is 0 Å². The highest BCUT2D eigenvalue weighted by atomic mass is 16.5. The minimum atomic E-state index is -0.842. The van der Waals surface area contributed by atoms with Gasteiger partial charge in [0, 0.05) is 18.8 Å². The number of nitrogen functional groups attached to an aromatic ring is 1. The summed E-state index contributed by atoms with van der Waals surface area (Å²) in [7, 11) is 1.89. The summed E-state index contributed by atoms with van der Waals surface area (Å²) in [5, 5.41) is 0.795. The topological polar surface area (TPSA) is 109 Å². The fourth-order valence-electron chi connectivity index (χ4n) is 2.27. The van der Waals surface area contributed by atoms with E-state index in [-0.39, 0.29) is 0 Å². The van der Waals surface area contributed by atoms with Crippen molar-refractivity contribution in [2.24, 2.45) is 12.8 Å². The van der Waals surface area contributed by atoms with Crippen molar-refractivity contribution in [2.45, 2.75) is 0 Å². The monoisotopic (exact) mass is 283 g/mol. The van der Waals surface area contributed by atoms with Crippen LogP contribution in [0.4, 0.5) is 10.6 Å². The van der Waals surface area contributed by atoms with Gasteiger partial charge in [-0.15, -0.1) is 0 Å². The first-order valence-electron chi connectivity index (χ1n) is 6.19. The van der Waals surface area contributed by atoms with E-state index >= 15 is 0 Å². The summed E-state index contributed by atoms with van der Waals surface area (Å²) in [6, 6.07) is 6.97. The highest BCUT2D eigenvalue weighted by Gasteiger charge is 2.13. The number of rotatable bonds is 2. The number of amides is 1. The van der Waals surface area contributed by atoms with Gasteiger partial charge in [0.1, 0.15) is 23.5 Å². The number of anilines is 1. The number of aromatic nitrogens is 3. The molecule has 0 atom stereocenters. The van der Waals surface area contributed by atoms with Gasteiger partial charge in [0.2, 0.25) is 0 Å². The average Bonchev–Trinajstić information content (AvgIpc) is 2.78. The summed E-state index contributed by atoms with van der Waals surface area (Å²) >= 11 is 0. The molecule has 1 aromatic carbocycles. The summed E-state index contributed by atoms with van der Waals surface area (Å²) in [6.45, 7) is 0. The first-order valence-corrected chi connectivity index (χ1v) is 6.19. The molecule has 1 amide bonds. The third kappa shape index (κ3) is 2.25. The predicted octanol–water partition coefficient (Wildman–Crippen LogP) is 1.67. The molecule has 3 aromatic rings. The number of nitrogens with zero attached hydrogens (tertiary/aromatic N) is 3. The van der Waals surface area contributed by atoms with Gasteiger partial charge in [0.15, 0.2) is 0 Å². The largest absolute Gasteiger partial charge is 0.411 e. The highest BCUT2D eigenvalue weighted by Crippen LogP contribution is 2.32. The third-order valence-corrected chi connectivity index (χ3v) is 3.17. The van der Waals surface area contributed by atoms with E-state index in [2.05, 4.69) is 9.97 Å². The lowest BCUT2D eigenvalue weighted by molar-refractivity contribution is 0.211. The third-order valence-electron chi connectivity index (χ3n) is 3.17. The lowest BCUT2D eigenvalue weighted by Crippen LogP contribution is -2.16. The number of nitrogens with two attached hydrogens (primary N) is 2. The van der Waals surface area contributed by atoms with Crippen molar-refractivity contribution in [3.63, 3.8) is 0 Å². The van der Waals surface area contributed by atoms with Crippen LogP contribution >= 0.6 is 0 Å². The molecule has 21 heavy (non-hydrogen) atoms. The number of hydrogen-bond acceptors (Lipinski definition) is 5. The second-order valence-electron chi connectivity index (χ2n) is 4.56. The predicted molar refractivity (Wildman–Crippen MR) is 78.6 cm³/mol. The summed E-state index contributed by atoms with van der Waals surface area (Å²) in [5.41, 5.74) is 13.5. The molecule has 2 heterocycles. The fourth-order valence-corrected chi connectivity index (χ4v) is 2.27. The Kier molecular flexibility index (Phi) is 2.94. The molecule has 0 spiro atoms. The Balaban J connectivity index is 2.10. The lowest BCUT2D eigenvalue weighted by atomic mass is 10.1. The van der Waals surface area contributed by atoms with Crippen molar-refractivity contribution in [1.29, 1.82) is 0 Å². The van der Waals surface area contributed by atoms with Crippen molar-refractivity contribution in [3.8, 4) is 16.9 Å². The molecule has 0 aliphatic rings. The van der Waals surface area contributed by atoms with Gasteiger partial charge in [-0.05, 0) is 17.7 Å². The van der Waals surface area contributed by atoms with Crippen LogP contribution in [0.3, 0.4) is 0 Å². The number of ether oxygens (including phenoxy) is 1. The Bertz CT molecular complexity index is 823. The zero-order valence-corrected chi connectivity index (χ0v) is 11.3. The number of hydrogen-bond donors (Lipinski definition) is 2. The molecular weight excluding hydrogens is 270 g/mol. The van der Waals surface area contributed by atoms with Gasteiger partial charge < -0.3 is 20.8 Å². The number of benzene rings is 1. The zero-order chi connectivity index (χ0) is 15.0. The van der Waals surface area contributed by atoms with E-state index in [1.165, 1.54) is 6.33 Å². The number of primary amides is 1. The van der Waals surface area contributed by atoms with E-state index in [9.17, 15) is 4.79 Å². The van der Waals surface area contributed by atoms with Crippen LogP contribution in [0.1, 0.15) is 0 Å². The van der Waals surface area contributed by atoms with Crippen LogP contribution in [0.5, 0.6) is 5.75 Å². The summed E-state index contributed by atoms with van der Waals surface area (Å²) < 4.78 is 6.69. The van der Waals surface area contributed by atoms with Gasteiger partial charge in [-0.1, -0.05) is 12.1 Å². The maximum Gasteiger partial charge on any atom is 0.409 e. The van der Waals surface area contributed by atoms with Gasteiger partial charge in [0.05, 0.1) is 5.39 Å². The number of fused-ring (bicyclic) bond motifs is 1. The van der Waals surface area contributed by atoms with E-state index in [0.717, 1.165) is 22.2 Å². The molecule has 0 unspecified atom stereocenters. The highest BCUT2D eigenvalue weighted by molar-refractivity contribution is 6.00. The van der Waals surface area contributed by atoms with Crippen molar-refractivity contribution in [2.75, 3.05) is 5.73 Å². The van der Waals surface area contributed by atoms with Gasteiger partial charge in [-0.2, -0.15) is 0 Å². The summed E-state index contributed by atoms with van der Waals surface area (Å²) in [4.78, 5) is 19.0. The summed E-state index contributed by atoms with van der Waals surface area (Å²) in [5.74, 6) is 0.809. The van der Waals surface area contributed by atoms with Crippen LogP contribution in [0, 0.1) is 0 Å². The van der Waals surface area contributed by atoms with Crippen LogP contribution in [-0.2, 0) is 7.05 Å². The minimum Gasteiger partial charge on any atom is -0.411 e. The maximum atomic E-state index is 10.7. The van der Waals surface area contributed by atoms with Crippen LogP contribution in [0.15, 0.2) is 36.8 Å². The molecule has 106 valence electrons. The first kappa shape index (κ1) is 12.9. The molecule has 0 saturated carbocycles. The molecule has 0 aliphatic carbocycles. The van der Waals surface area contributed by atoms with E-state index in [0.29, 0.717) is 11.6 Å². The fraction of sp³-hybridized carbons (Fsp3) is 0.0714. The molecular formula is C14H13N5O2. The Labute approximate surface area is 120 Å². The molecule has 2 aromatic heterocycles. The second kappa shape index (κ2) is 4.78. The molecule has 0 saturated heterocycles. The maximum absolute atomic E-state index is 10.7. The Morgan fingerprint density at radius 2 is 1.95 bits per heavy atom. The molecule has 0 radical (unpaired) electrons. The van der Waals surface area contributed by atoms with E-state index < -0.39 is 6.09 Å². The molecule has 3 rings (SSSR count). The van der Waals surface area contributed by atoms with Crippen LogP contribution in [-0.4, -0.2) is 20.6 Å².